The molecule has 0 unspecified atom stereocenters. The minimum Gasteiger partial charge on any atom is -0.311 e. The van der Waals surface area contributed by atoms with Crippen LogP contribution in [0.25, 0.3) is 66.8 Å². The number of anilines is 18. The molecular weight excluding hydrogens is 1470 g/mol. The highest BCUT2D eigenvalue weighted by Crippen LogP contribution is 2.57. The Kier molecular flexibility index (Phi) is 17.7. The van der Waals surface area contributed by atoms with E-state index in [0.717, 1.165) is 169 Å². The summed E-state index contributed by atoms with van der Waals surface area (Å²) in [6.45, 7) is -0.650. The molecular formula is C114H78B2N6. The molecule has 8 heteroatoms. The van der Waals surface area contributed by atoms with E-state index in [-0.39, 0.29) is 13.4 Å². The lowest BCUT2D eigenvalue weighted by molar-refractivity contribution is 1.21. The maximum atomic E-state index is 2.71. The van der Waals surface area contributed by atoms with Gasteiger partial charge < -0.3 is 29.4 Å². The highest BCUT2D eigenvalue weighted by atomic mass is 15.2. The van der Waals surface area contributed by atoms with E-state index in [0.29, 0.717) is 0 Å². The Morgan fingerprint density at radius 3 is 0.877 bits per heavy atom. The number of rotatable bonds is 16. The molecule has 0 N–H and O–H groups in total. The minimum atomic E-state index is -0.342. The van der Waals surface area contributed by atoms with Gasteiger partial charge in [-0.05, 0) is 169 Å². The van der Waals surface area contributed by atoms with Crippen molar-refractivity contribution in [3.63, 3.8) is 0 Å². The van der Waals surface area contributed by atoms with Crippen molar-refractivity contribution in [2.24, 2.45) is 0 Å². The maximum absolute atomic E-state index is 2.71. The van der Waals surface area contributed by atoms with Crippen LogP contribution in [0.5, 0.6) is 0 Å². The highest BCUT2D eigenvalue weighted by Gasteiger charge is 2.50. The third-order valence-corrected chi connectivity index (χ3v) is 24.9. The number of hydrogen-bond donors (Lipinski definition) is 0. The molecule has 0 saturated carbocycles. The van der Waals surface area contributed by atoms with Crippen LogP contribution in [0.1, 0.15) is 0 Å². The van der Waals surface area contributed by atoms with Gasteiger partial charge in [0.15, 0.2) is 0 Å². The van der Waals surface area contributed by atoms with E-state index in [2.05, 4.69) is 503 Å². The van der Waals surface area contributed by atoms with Gasteiger partial charge in [0, 0.05) is 95.9 Å². The van der Waals surface area contributed by atoms with Gasteiger partial charge in [0.25, 0.3) is 13.4 Å². The summed E-state index contributed by atoms with van der Waals surface area (Å²) in [4.78, 5) is 15.6. The average Bonchev–Trinajstić information content (AvgIpc) is 0.677. The normalized spacial score (nSPS) is 12.5. The fourth-order valence-electron chi connectivity index (χ4n) is 19.8. The summed E-state index contributed by atoms with van der Waals surface area (Å²) in [6, 6.07) is 176. The van der Waals surface area contributed by atoms with Crippen LogP contribution in [0, 0.1) is 0 Å². The molecule has 0 fully saturated rings. The standard InChI is InChI=1S/C114H78B2N6/c1-10-41-79(42-11-1)90-59-28-34-67-100(90)119(101-68-35-29-60-91(101)80-43-12-2-13-44-80)89-75-109-113-110(76-89)121(103-70-37-31-62-93(103)82-47-16-4-17-48-82)106-78-107-99(77-98(106)116(113)97-66-33-39-72-105(97)120(109)102-69-36-30-61-92(102)81-45-14-3-15-46-81)115-96-65-32-38-71-104(96)118(87-57-26-9-27-58-87)108-73-88(117(85-53-22-7-23-54-85)86-55-24-8-25-56-86)74-111(112(108)115)122(107)114-94(83-49-18-5-19-50-83)63-40-64-95(114)84-51-20-6-21-52-84/h1-78H. The van der Waals surface area contributed by atoms with E-state index < -0.39 is 0 Å². The van der Waals surface area contributed by atoms with E-state index in [1.54, 1.807) is 0 Å². The zero-order valence-electron chi connectivity index (χ0n) is 66.9. The van der Waals surface area contributed by atoms with E-state index in [1.807, 2.05) is 0 Å². The maximum Gasteiger partial charge on any atom is 0.252 e. The van der Waals surface area contributed by atoms with Crippen molar-refractivity contribution in [1.82, 2.24) is 0 Å². The van der Waals surface area contributed by atoms with Gasteiger partial charge in [-0.2, -0.15) is 0 Å². The Morgan fingerprint density at radius 2 is 0.451 bits per heavy atom. The number of nitrogens with zero attached hydrogens (tertiary/aromatic N) is 6. The van der Waals surface area contributed by atoms with E-state index >= 15 is 0 Å². The molecule has 0 bridgehead atoms. The first-order chi connectivity index (χ1) is 60.6. The Hall–Kier alpha value is -15.9. The largest absolute Gasteiger partial charge is 0.311 e. The molecule has 4 aliphatic rings. The average molecular weight is 1550 g/mol. The zero-order valence-corrected chi connectivity index (χ0v) is 66.9. The third kappa shape index (κ3) is 12.0. The van der Waals surface area contributed by atoms with Gasteiger partial charge >= 0.3 is 0 Å². The first kappa shape index (κ1) is 71.4. The summed E-state index contributed by atoms with van der Waals surface area (Å²) in [7, 11) is 0. The van der Waals surface area contributed by atoms with Crippen LogP contribution in [-0.2, 0) is 0 Å². The van der Waals surface area contributed by atoms with Gasteiger partial charge in [-0.3, -0.25) is 0 Å². The van der Waals surface area contributed by atoms with Crippen molar-refractivity contribution in [2.75, 3.05) is 29.4 Å². The van der Waals surface area contributed by atoms with Gasteiger partial charge in [-0.1, -0.05) is 370 Å². The molecule has 0 aliphatic carbocycles. The first-order valence-corrected chi connectivity index (χ1v) is 42.1. The smallest absolute Gasteiger partial charge is 0.252 e. The Bertz CT molecular complexity index is 6990. The molecule has 0 aromatic heterocycles. The molecule has 23 rings (SSSR count). The van der Waals surface area contributed by atoms with Gasteiger partial charge in [-0.25, -0.2) is 0 Å². The predicted octanol–water partition coefficient (Wildman–Crippen LogP) is 26.8. The minimum absolute atomic E-state index is 0.308. The Morgan fingerprint density at radius 1 is 0.164 bits per heavy atom. The molecule has 0 atom stereocenters. The molecule has 4 aliphatic heterocycles. The molecule has 6 nitrogen and oxygen atoms in total. The van der Waals surface area contributed by atoms with Crippen LogP contribution in [0.3, 0.4) is 0 Å². The molecule has 570 valence electrons. The molecule has 19 aromatic carbocycles. The highest BCUT2D eigenvalue weighted by molar-refractivity contribution is 7.03. The quantitative estimate of drug-likeness (QED) is 0.0892. The lowest BCUT2D eigenvalue weighted by Crippen LogP contribution is -2.65. The van der Waals surface area contributed by atoms with Crippen molar-refractivity contribution in [3.8, 4) is 66.8 Å². The van der Waals surface area contributed by atoms with E-state index in [4.69, 9.17) is 0 Å². The molecule has 19 aromatic rings. The molecule has 0 amide bonds. The van der Waals surface area contributed by atoms with Crippen LogP contribution < -0.4 is 62.2 Å². The van der Waals surface area contributed by atoms with Crippen molar-refractivity contribution in [2.45, 2.75) is 0 Å². The van der Waals surface area contributed by atoms with Crippen molar-refractivity contribution >= 4 is 149 Å². The van der Waals surface area contributed by atoms with E-state index in [9.17, 15) is 0 Å². The fourth-order valence-corrected chi connectivity index (χ4v) is 19.8. The monoisotopic (exact) mass is 1550 g/mol. The summed E-state index contributed by atoms with van der Waals surface area (Å²) in [5, 5.41) is 0. The van der Waals surface area contributed by atoms with Gasteiger partial charge in [-0.15, -0.1) is 0 Å². The number of hydrogen-bond acceptors (Lipinski definition) is 6. The van der Waals surface area contributed by atoms with Crippen LogP contribution in [0.15, 0.2) is 473 Å². The first-order valence-electron chi connectivity index (χ1n) is 42.1. The predicted molar refractivity (Wildman–Crippen MR) is 516 cm³/mol. The lowest BCUT2D eigenvalue weighted by Gasteiger charge is -2.48. The van der Waals surface area contributed by atoms with Crippen LogP contribution in [0.4, 0.5) is 102 Å². The SMILES string of the molecule is c1ccc(-c2ccccc2N(c2cc3c4c(c2)N(c2ccccc2-c2ccccc2)c2cc5c(cc2B4c2ccccc2N3c2ccccc2-c2ccccc2)B2c3ccccc3N(c3ccccc3)c3cc(N(c4ccccc4)c4ccccc4)cc(c32)N5c2c(-c3ccccc3)cccc2-c2ccccc2)c2ccccc2-c2ccccc2)cc1. The van der Waals surface area contributed by atoms with Crippen molar-refractivity contribution < 1.29 is 0 Å². The van der Waals surface area contributed by atoms with Gasteiger partial charge in [0.1, 0.15) is 0 Å². The van der Waals surface area contributed by atoms with Gasteiger partial charge in [0.2, 0.25) is 0 Å². The van der Waals surface area contributed by atoms with Crippen LogP contribution >= 0.6 is 0 Å². The van der Waals surface area contributed by atoms with Crippen molar-refractivity contribution in [1.29, 1.82) is 0 Å². The number of benzene rings is 19. The second kappa shape index (κ2) is 30.2. The summed E-state index contributed by atoms with van der Waals surface area (Å²) in [6.07, 6.45) is 0. The second-order valence-corrected chi connectivity index (χ2v) is 31.7. The molecule has 0 radical (unpaired) electrons. The molecule has 0 spiro atoms. The van der Waals surface area contributed by atoms with Gasteiger partial charge in [0.05, 0.1) is 39.8 Å². The summed E-state index contributed by atoms with van der Waals surface area (Å²) in [5.41, 5.74) is 39.6. The zero-order chi connectivity index (χ0) is 80.6. The molecule has 122 heavy (non-hydrogen) atoms. The number of para-hydroxylation sites is 10. The lowest BCUT2D eigenvalue weighted by atomic mass is 9.30. The molecule has 4 heterocycles. The summed E-state index contributed by atoms with van der Waals surface area (Å²) >= 11 is 0. The third-order valence-electron chi connectivity index (χ3n) is 24.9. The summed E-state index contributed by atoms with van der Waals surface area (Å²) < 4.78 is 0. The molecule has 0 saturated heterocycles. The number of fused-ring (bicyclic) bond motifs is 8. The Labute approximate surface area is 713 Å². The summed E-state index contributed by atoms with van der Waals surface area (Å²) in [5.74, 6) is 0. The Balaban J connectivity index is 0.900. The fraction of sp³-hybridized carbons (Fsp3) is 0. The van der Waals surface area contributed by atoms with Crippen molar-refractivity contribution in [3.05, 3.63) is 473 Å². The van der Waals surface area contributed by atoms with Crippen LogP contribution in [0.2, 0.25) is 0 Å². The van der Waals surface area contributed by atoms with Crippen LogP contribution in [-0.4, -0.2) is 13.4 Å². The topological polar surface area (TPSA) is 19.4 Å². The second-order valence-electron chi connectivity index (χ2n) is 31.7. The van der Waals surface area contributed by atoms with E-state index in [1.165, 1.54) is 32.8 Å².